The highest BCUT2D eigenvalue weighted by Crippen LogP contribution is 2.42. The molecule has 2 saturated heterocycles. The molecule has 0 radical (unpaired) electrons. The molecule has 2 N–H and O–H groups in total. The van der Waals surface area contributed by atoms with E-state index < -0.39 is 5.54 Å². The van der Waals surface area contributed by atoms with Crippen LogP contribution in [0.2, 0.25) is 0 Å². The first kappa shape index (κ1) is 14.9. The summed E-state index contributed by atoms with van der Waals surface area (Å²) in [5.41, 5.74) is 7.42. The molecule has 1 aromatic rings. The van der Waals surface area contributed by atoms with Crippen molar-refractivity contribution in [3.8, 4) is 0 Å². The molecule has 3 nitrogen and oxygen atoms in total. The minimum absolute atomic E-state index is 0.174. The third kappa shape index (κ3) is 2.72. The number of ether oxygens (including phenoxy) is 2. The van der Waals surface area contributed by atoms with Crippen LogP contribution in [0.1, 0.15) is 37.3 Å². The lowest BCUT2D eigenvalue weighted by atomic mass is 9.71. The molecule has 21 heavy (non-hydrogen) atoms. The van der Waals surface area contributed by atoms with Crippen molar-refractivity contribution in [2.75, 3.05) is 19.8 Å². The molecule has 0 bridgehead atoms. The van der Waals surface area contributed by atoms with Crippen LogP contribution >= 0.6 is 0 Å². The summed E-state index contributed by atoms with van der Waals surface area (Å²) < 4.78 is 25.4. The van der Waals surface area contributed by atoms with E-state index in [1.165, 1.54) is 0 Å². The molecule has 0 aromatic heterocycles. The van der Waals surface area contributed by atoms with Crippen LogP contribution in [0, 0.1) is 18.7 Å². The second-order valence-corrected chi connectivity index (χ2v) is 6.77. The number of benzene rings is 1. The van der Waals surface area contributed by atoms with E-state index >= 15 is 0 Å². The molecule has 0 amide bonds. The Bertz CT molecular complexity index is 524. The molecule has 3 atom stereocenters. The van der Waals surface area contributed by atoms with Gasteiger partial charge in [0.2, 0.25) is 0 Å². The van der Waals surface area contributed by atoms with Crippen molar-refractivity contribution in [1.82, 2.24) is 0 Å². The van der Waals surface area contributed by atoms with Gasteiger partial charge in [-0.05, 0) is 49.8 Å². The molecule has 2 fully saturated rings. The first-order chi connectivity index (χ1) is 9.93. The van der Waals surface area contributed by atoms with E-state index in [1.54, 1.807) is 13.0 Å². The predicted molar refractivity (Wildman–Crippen MR) is 79.5 cm³/mol. The Balaban J connectivity index is 1.84. The lowest BCUT2D eigenvalue weighted by molar-refractivity contribution is -0.109. The molecular formula is C17H24FNO2. The van der Waals surface area contributed by atoms with Crippen LogP contribution in [0.5, 0.6) is 0 Å². The fourth-order valence-electron chi connectivity index (χ4n) is 3.57. The summed E-state index contributed by atoms with van der Waals surface area (Å²) in [6.07, 6.45) is 2.72. The van der Waals surface area contributed by atoms with Crippen molar-refractivity contribution in [2.24, 2.45) is 11.7 Å². The molecule has 4 heteroatoms. The molecule has 2 aliphatic heterocycles. The van der Waals surface area contributed by atoms with Crippen molar-refractivity contribution in [3.63, 3.8) is 0 Å². The van der Waals surface area contributed by atoms with Crippen LogP contribution in [0.25, 0.3) is 0 Å². The Labute approximate surface area is 125 Å². The summed E-state index contributed by atoms with van der Waals surface area (Å²) in [6.45, 7) is 5.90. The summed E-state index contributed by atoms with van der Waals surface area (Å²) in [5, 5.41) is 0. The minimum Gasteiger partial charge on any atom is -0.378 e. The molecule has 0 aliphatic carbocycles. The smallest absolute Gasteiger partial charge is 0.126 e. The standard InChI is InChI=1S/C17H24FNO2/c1-12-3-4-13(9-15(12)18)16(2,19)14-5-7-21-17(10-14)6-8-20-11-17/h3-4,9,14H,5-8,10-11,19H2,1-2H3. The largest absolute Gasteiger partial charge is 0.378 e. The number of hydrogen-bond acceptors (Lipinski definition) is 3. The highest BCUT2D eigenvalue weighted by molar-refractivity contribution is 5.29. The number of nitrogens with two attached hydrogens (primary N) is 1. The molecule has 1 spiro atoms. The average Bonchev–Trinajstić information content (AvgIpc) is 2.89. The van der Waals surface area contributed by atoms with E-state index in [2.05, 4.69) is 0 Å². The normalized spacial score (nSPS) is 32.3. The Hall–Kier alpha value is -0.970. The van der Waals surface area contributed by atoms with Crippen LogP contribution in [0.15, 0.2) is 18.2 Å². The maximum Gasteiger partial charge on any atom is 0.126 e. The van der Waals surface area contributed by atoms with Gasteiger partial charge in [-0.3, -0.25) is 0 Å². The molecule has 3 rings (SSSR count). The first-order valence-corrected chi connectivity index (χ1v) is 7.70. The zero-order chi connectivity index (χ0) is 15.1. The summed E-state index contributed by atoms with van der Waals surface area (Å²) >= 11 is 0. The van der Waals surface area contributed by atoms with Gasteiger partial charge in [0.15, 0.2) is 0 Å². The van der Waals surface area contributed by atoms with Crippen molar-refractivity contribution >= 4 is 0 Å². The Morgan fingerprint density at radius 2 is 2.19 bits per heavy atom. The summed E-state index contributed by atoms with van der Waals surface area (Å²) in [4.78, 5) is 0. The van der Waals surface area contributed by atoms with E-state index in [0.29, 0.717) is 18.8 Å². The SMILES string of the molecule is Cc1ccc(C(C)(N)C2CCOC3(CCOC3)C2)cc1F. The zero-order valence-electron chi connectivity index (χ0n) is 12.8. The van der Waals surface area contributed by atoms with E-state index in [0.717, 1.165) is 31.4 Å². The molecule has 0 saturated carbocycles. The Morgan fingerprint density at radius 3 is 2.86 bits per heavy atom. The van der Waals surface area contributed by atoms with Gasteiger partial charge in [0.1, 0.15) is 5.82 Å². The third-order valence-electron chi connectivity index (χ3n) is 5.20. The highest BCUT2D eigenvalue weighted by atomic mass is 19.1. The zero-order valence-corrected chi connectivity index (χ0v) is 12.8. The maximum absolute atomic E-state index is 13.9. The second kappa shape index (κ2) is 5.34. The predicted octanol–water partition coefficient (Wildman–Crippen LogP) is 2.89. The average molecular weight is 293 g/mol. The van der Waals surface area contributed by atoms with Gasteiger partial charge < -0.3 is 15.2 Å². The van der Waals surface area contributed by atoms with Gasteiger partial charge >= 0.3 is 0 Å². The Kier molecular flexibility index (Phi) is 3.80. The third-order valence-corrected chi connectivity index (χ3v) is 5.20. The van der Waals surface area contributed by atoms with Gasteiger partial charge in [-0.15, -0.1) is 0 Å². The minimum atomic E-state index is -0.548. The van der Waals surface area contributed by atoms with Crippen LogP contribution in [-0.2, 0) is 15.0 Å². The van der Waals surface area contributed by atoms with Crippen molar-refractivity contribution in [1.29, 1.82) is 0 Å². The number of rotatable bonds is 2. The van der Waals surface area contributed by atoms with Gasteiger partial charge in [0.25, 0.3) is 0 Å². The number of halogens is 1. The first-order valence-electron chi connectivity index (χ1n) is 7.70. The molecule has 116 valence electrons. The molecule has 2 aliphatic rings. The van der Waals surface area contributed by atoms with E-state index in [9.17, 15) is 4.39 Å². The van der Waals surface area contributed by atoms with Crippen LogP contribution in [0.4, 0.5) is 4.39 Å². The molecule has 3 unspecified atom stereocenters. The monoisotopic (exact) mass is 293 g/mol. The van der Waals surface area contributed by atoms with Crippen molar-refractivity contribution in [3.05, 3.63) is 35.1 Å². The van der Waals surface area contributed by atoms with Gasteiger partial charge in [-0.1, -0.05) is 12.1 Å². The topological polar surface area (TPSA) is 44.5 Å². The maximum atomic E-state index is 13.9. The quantitative estimate of drug-likeness (QED) is 0.912. The lowest BCUT2D eigenvalue weighted by Gasteiger charge is -2.44. The number of aryl methyl sites for hydroxylation is 1. The van der Waals surface area contributed by atoms with Gasteiger partial charge in [-0.2, -0.15) is 0 Å². The van der Waals surface area contributed by atoms with Crippen LogP contribution in [-0.4, -0.2) is 25.4 Å². The molecule has 1 aromatic carbocycles. The van der Waals surface area contributed by atoms with Crippen LogP contribution < -0.4 is 5.73 Å². The van der Waals surface area contributed by atoms with Gasteiger partial charge in [0.05, 0.1) is 12.2 Å². The summed E-state index contributed by atoms with van der Waals surface area (Å²) in [6, 6.07) is 5.35. The Morgan fingerprint density at radius 1 is 1.38 bits per heavy atom. The fourth-order valence-corrected chi connectivity index (χ4v) is 3.57. The number of hydrogen-bond donors (Lipinski definition) is 1. The fraction of sp³-hybridized carbons (Fsp3) is 0.647. The van der Waals surface area contributed by atoms with Crippen molar-refractivity contribution < 1.29 is 13.9 Å². The second-order valence-electron chi connectivity index (χ2n) is 6.77. The summed E-state index contributed by atoms with van der Waals surface area (Å²) in [7, 11) is 0. The van der Waals surface area contributed by atoms with Crippen LogP contribution in [0.3, 0.4) is 0 Å². The van der Waals surface area contributed by atoms with E-state index in [1.807, 2.05) is 19.1 Å². The lowest BCUT2D eigenvalue weighted by Crippen LogP contribution is -2.50. The molecular weight excluding hydrogens is 269 g/mol. The highest BCUT2D eigenvalue weighted by Gasteiger charge is 2.46. The summed E-state index contributed by atoms with van der Waals surface area (Å²) in [5.74, 6) is 0.0882. The van der Waals surface area contributed by atoms with Gasteiger partial charge in [-0.25, -0.2) is 4.39 Å². The molecule has 2 heterocycles. The van der Waals surface area contributed by atoms with Crippen molar-refractivity contribution in [2.45, 2.75) is 44.2 Å². The van der Waals surface area contributed by atoms with E-state index in [-0.39, 0.29) is 17.3 Å². The van der Waals surface area contributed by atoms with Gasteiger partial charge in [0, 0.05) is 25.2 Å². The van der Waals surface area contributed by atoms with E-state index in [4.69, 9.17) is 15.2 Å².